The Morgan fingerprint density at radius 2 is 1.86 bits per heavy atom. The second kappa shape index (κ2) is 2.90. The minimum atomic E-state index is -0.0737. The summed E-state index contributed by atoms with van der Waals surface area (Å²) in [5.41, 5.74) is -0.0737. The van der Waals surface area contributed by atoms with Crippen LogP contribution in [0.5, 0.6) is 0 Å². The maximum Gasteiger partial charge on any atom is 0.129 e. The Morgan fingerprint density at radius 3 is 2.77 bits per heavy atom. The molecule has 14 unspecified atom stereocenters. The predicted molar refractivity (Wildman–Crippen MR) is 78.5 cm³/mol. The zero-order valence-electron chi connectivity index (χ0n) is 12.7. The second-order valence-electron chi connectivity index (χ2n) is 9.87. The fourth-order valence-electron chi connectivity index (χ4n) is 10.8. The van der Waals surface area contributed by atoms with Crippen molar-refractivity contribution in [2.75, 3.05) is 0 Å². The first-order valence-electron chi connectivity index (χ1n) is 9.66. The first-order chi connectivity index (χ1) is 10.9. The van der Waals surface area contributed by atoms with E-state index in [1.54, 1.807) is 0 Å². The summed E-state index contributed by atoms with van der Waals surface area (Å²) >= 11 is 0. The van der Waals surface area contributed by atoms with Crippen LogP contribution in [0.25, 0.3) is 0 Å². The lowest BCUT2D eigenvalue weighted by atomic mass is 9.56. The van der Waals surface area contributed by atoms with E-state index in [1.807, 2.05) is 0 Å². The zero-order chi connectivity index (χ0) is 14.0. The van der Waals surface area contributed by atoms with Crippen molar-refractivity contribution in [3.05, 3.63) is 12.2 Å². The highest BCUT2D eigenvalue weighted by atomic mass is 16.5. The van der Waals surface area contributed by atoms with E-state index in [4.69, 9.17) is 4.74 Å². The topological polar surface area (TPSA) is 26.3 Å². The second-order valence-corrected chi connectivity index (χ2v) is 9.87. The monoisotopic (exact) mass is 294 g/mol. The maximum atomic E-state index is 12.6. The lowest BCUT2D eigenvalue weighted by molar-refractivity contribution is -0.204. The molecule has 0 radical (unpaired) electrons. The minimum absolute atomic E-state index is 0.0737. The van der Waals surface area contributed by atoms with Crippen LogP contribution in [0.4, 0.5) is 0 Å². The van der Waals surface area contributed by atoms with E-state index in [2.05, 4.69) is 12.2 Å². The van der Waals surface area contributed by atoms with Gasteiger partial charge in [-0.2, -0.15) is 0 Å². The van der Waals surface area contributed by atoms with Crippen LogP contribution in [-0.2, 0) is 9.53 Å². The summed E-state index contributed by atoms with van der Waals surface area (Å²) in [6.07, 6.45) is 11.2. The Morgan fingerprint density at radius 1 is 0.955 bits per heavy atom. The maximum absolute atomic E-state index is 12.6. The molecule has 0 aromatic carbocycles. The molecule has 8 fully saturated rings. The SMILES string of the molecule is O=CC12C3OC4CCC5C4C4C3C3C6CC=CC6C1C3C4C52. The van der Waals surface area contributed by atoms with Gasteiger partial charge in [-0.15, -0.1) is 0 Å². The zero-order valence-corrected chi connectivity index (χ0v) is 12.7. The summed E-state index contributed by atoms with van der Waals surface area (Å²) in [4.78, 5) is 12.6. The molecule has 8 aliphatic carbocycles. The molecule has 9 bridgehead atoms. The summed E-state index contributed by atoms with van der Waals surface area (Å²) in [5.74, 6) is 9.08. The molecule has 1 heterocycles. The van der Waals surface area contributed by atoms with Crippen molar-refractivity contribution in [2.45, 2.75) is 31.5 Å². The van der Waals surface area contributed by atoms with Crippen LogP contribution in [0.3, 0.4) is 0 Å². The number of fused-ring (bicyclic) bond motifs is 1. The van der Waals surface area contributed by atoms with Crippen LogP contribution in [0.15, 0.2) is 12.2 Å². The van der Waals surface area contributed by atoms with Gasteiger partial charge in [0.05, 0.1) is 17.6 Å². The van der Waals surface area contributed by atoms with Gasteiger partial charge in [0.1, 0.15) is 6.29 Å². The highest BCUT2D eigenvalue weighted by Crippen LogP contribution is 2.88. The summed E-state index contributed by atoms with van der Waals surface area (Å²) in [5, 5.41) is 0. The molecule has 1 saturated heterocycles. The first-order valence-corrected chi connectivity index (χ1v) is 9.66. The van der Waals surface area contributed by atoms with E-state index in [9.17, 15) is 4.79 Å². The molecule has 0 amide bonds. The van der Waals surface area contributed by atoms with Gasteiger partial charge in [0.25, 0.3) is 0 Å². The first kappa shape index (κ1) is 11.0. The van der Waals surface area contributed by atoms with E-state index in [-0.39, 0.29) is 5.41 Å². The third-order valence-electron chi connectivity index (χ3n) is 10.4. The fraction of sp³-hybridized carbons (Fsp3) is 0.850. The highest BCUT2D eigenvalue weighted by Gasteiger charge is 2.89. The van der Waals surface area contributed by atoms with E-state index < -0.39 is 0 Å². The molecule has 2 nitrogen and oxygen atoms in total. The van der Waals surface area contributed by atoms with Crippen LogP contribution in [-0.4, -0.2) is 18.5 Å². The van der Waals surface area contributed by atoms with Crippen molar-refractivity contribution in [1.29, 1.82) is 0 Å². The van der Waals surface area contributed by atoms with Gasteiger partial charge >= 0.3 is 0 Å². The van der Waals surface area contributed by atoms with Gasteiger partial charge in [-0.05, 0) is 84.4 Å². The number of hydrogen-bond donors (Lipinski definition) is 0. The molecule has 2 heteroatoms. The van der Waals surface area contributed by atoms with Crippen LogP contribution in [0.2, 0.25) is 0 Å². The van der Waals surface area contributed by atoms with Gasteiger partial charge in [0.15, 0.2) is 0 Å². The molecular weight excluding hydrogens is 272 g/mol. The third kappa shape index (κ3) is 0.719. The van der Waals surface area contributed by atoms with Crippen molar-refractivity contribution < 1.29 is 9.53 Å². The van der Waals surface area contributed by atoms with Crippen LogP contribution < -0.4 is 0 Å². The normalized spacial score (nSPS) is 78.8. The lowest BCUT2D eigenvalue weighted by Gasteiger charge is -2.54. The molecule has 0 aromatic heterocycles. The summed E-state index contributed by atoms with van der Waals surface area (Å²) < 4.78 is 6.77. The van der Waals surface area contributed by atoms with Gasteiger partial charge in [0.2, 0.25) is 0 Å². The average molecular weight is 294 g/mol. The highest BCUT2D eigenvalue weighted by molar-refractivity contribution is 5.67. The summed E-state index contributed by atoms with van der Waals surface area (Å²) in [6, 6.07) is 0. The molecule has 14 atom stereocenters. The quantitative estimate of drug-likeness (QED) is 0.549. The predicted octanol–water partition coefficient (Wildman–Crippen LogP) is 2.54. The molecule has 9 rings (SSSR count). The summed E-state index contributed by atoms with van der Waals surface area (Å²) in [7, 11) is 0. The van der Waals surface area contributed by atoms with Crippen molar-refractivity contribution in [3.8, 4) is 0 Å². The lowest BCUT2D eigenvalue weighted by Crippen LogP contribution is -2.59. The van der Waals surface area contributed by atoms with Gasteiger partial charge in [0, 0.05) is 0 Å². The molecular formula is C20H22O2. The fourth-order valence-corrected chi connectivity index (χ4v) is 10.8. The van der Waals surface area contributed by atoms with Crippen molar-refractivity contribution >= 4 is 6.29 Å². The molecule has 7 saturated carbocycles. The number of rotatable bonds is 1. The van der Waals surface area contributed by atoms with E-state index in [1.165, 1.54) is 25.5 Å². The molecule has 0 N–H and O–H groups in total. The van der Waals surface area contributed by atoms with Crippen molar-refractivity contribution in [3.63, 3.8) is 0 Å². The smallest absolute Gasteiger partial charge is 0.129 e. The molecule has 0 spiro atoms. The largest absolute Gasteiger partial charge is 0.373 e. The molecule has 22 heavy (non-hydrogen) atoms. The number of carbonyl (C=O) groups excluding carboxylic acids is 1. The Bertz CT molecular complexity index is 667. The Kier molecular flexibility index (Phi) is 1.45. The molecule has 0 aromatic rings. The Balaban J connectivity index is 1.48. The van der Waals surface area contributed by atoms with Gasteiger partial charge in [-0.3, -0.25) is 0 Å². The van der Waals surface area contributed by atoms with E-state index >= 15 is 0 Å². The number of aldehydes is 1. The molecule has 114 valence electrons. The number of allylic oxidation sites excluding steroid dienone is 2. The Hall–Kier alpha value is -0.630. The van der Waals surface area contributed by atoms with Crippen LogP contribution >= 0.6 is 0 Å². The van der Waals surface area contributed by atoms with Gasteiger partial charge in [-0.25, -0.2) is 0 Å². The number of ether oxygens (including phenoxy) is 1. The average Bonchev–Trinajstić information content (AvgIpc) is 3.25. The van der Waals surface area contributed by atoms with E-state index in [0.29, 0.717) is 24.0 Å². The molecule has 9 aliphatic rings. The Labute approximate surface area is 130 Å². The van der Waals surface area contributed by atoms with Crippen LogP contribution in [0.1, 0.15) is 19.3 Å². The summed E-state index contributed by atoms with van der Waals surface area (Å²) in [6.45, 7) is 0. The number of hydrogen-bond acceptors (Lipinski definition) is 2. The van der Waals surface area contributed by atoms with Gasteiger partial charge < -0.3 is 9.53 Å². The third-order valence-corrected chi connectivity index (χ3v) is 10.4. The van der Waals surface area contributed by atoms with Gasteiger partial charge in [-0.1, -0.05) is 12.2 Å². The molecule has 1 aliphatic heterocycles. The van der Waals surface area contributed by atoms with Crippen LogP contribution in [0, 0.1) is 70.5 Å². The minimum Gasteiger partial charge on any atom is -0.373 e. The van der Waals surface area contributed by atoms with Crippen molar-refractivity contribution in [2.24, 2.45) is 70.5 Å². The van der Waals surface area contributed by atoms with E-state index in [0.717, 1.165) is 53.3 Å². The van der Waals surface area contributed by atoms with Crippen molar-refractivity contribution in [1.82, 2.24) is 0 Å². The standard InChI is InChI=1S/C20H22O2/c21-6-20-17-8-3-1-2-7(8)12-14(17)15-13-11-9(18(15)20)4-5-10(11)22-19(20)16(12)13/h1,3,6-19H,2,4-5H2. The number of carbonyl (C=O) groups is 1.